The minimum absolute atomic E-state index is 0. The zero-order valence-corrected chi connectivity index (χ0v) is 16.2. The Hall–Kier alpha value is -1.63. The number of carbonyl (C=O) groups excluding carboxylic acids is 2. The number of benzene rings is 1. The van der Waals surface area contributed by atoms with Crippen molar-refractivity contribution >= 4 is 30.0 Å². The number of amides is 1. The molecule has 1 saturated heterocycles. The molecule has 3 atom stereocenters. The number of nitrogens with two attached hydrogens (primary N) is 1. The Kier molecular flexibility index (Phi) is 6.00. The third-order valence-electron chi connectivity index (χ3n) is 5.69. The quantitative estimate of drug-likeness (QED) is 0.781. The summed E-state index contributed by atoms with van der Waals surface area (Å²) < 4.78 is 10.8. The van der Waals surface area contributed by atoms with Gasteiger partial charge in [0.15, 0.2) is 0 Å². The molecule has 0 aromatic heterocycles. The van der Waals surface area contributed by atoms with Crippen molar-refractivity contribution in [3.05, 3.63) is 29.8 Å². The number of nitrogens with one attached hydrogen (secondary N) is 1. The number of fused-ring (bicyclic) bond motifs is 1. The van der Waals surface area contributed by atoms with Gasteiger partial charge in [0.05, 0.1) is 18.3 Å². The lowest BCUT2D eigenvalue weighted by molar-refractivity contribution is -0.222. The molecular formula is C19H27ClN2O4. The van der Waals surface area contributed by atoms with Gasteiger partial charge >= 0.3 is 5.97 Å². The summed E-state index contributed by atoms with van der Waals surface area (Å²) in [6.07, 6.45) is 1.82. The first-order valence-electron chi connectivity index (χ1n) is 8.81. The normalized spacial score (nSPS) is 28.8. The van der Waals surface area contributed by atoms with Crippen LogP contribution in [0.5, 0.6) is 0 Å². The van der Waals surface area contributed by atoms with Crippen LogP contribution in [-0.4, -0.2) is 36.7 Å². The third-order valence-corrected chi connectivity index (χ3v) is 5.69. The molecule has 3 N–H and O–H groups in total. The second-order valence-corrected chi connectivity index (χ2v) is 7.39. The lowest BCUT2D eigenvalue weighted by atomic mass is 9.46. The van der Waals surface area contributed by atoms with Crippen molar-refractivity contribution in [2.24, 2.45) is 17.1 Å². The van der Waals surface area contributed by atoms with Crippen molar-refractivity contribution < 1.29 is 19.1 Å². The third kappa shape index (κ3) is 3.10. The molecule has 3 unspecified atom stereocenters. The van der Waals surface area contributed by atoms with E-state index < -0.39 is 16.9 Å². The van der Waals surface area contributed by atoms with Crippen LogP contribution in [-0.2, 0) is 14.3 Å². The van der Waals surface area contributed by atoms with Crippen molar-refractivity contribution in [1.82, 2.24) is 0 Å². The highest BCUT2D eigenvalue weighted by Gasteiger charge is 2.70. The van der Waals surface area contributed by atoms with Gasteiger partial charge in [-0.05, 0) is 38.0 Å². The number of anilines is 1. The monoisotopic (exact) mass is 382 g/mol. The molecule has 1 aliphatic carbocycles. The van der Waals surface area contributed by atoms with Gasteiger partial charge in [-0.25, -0.2) is 4.79 Å². The standard InChI is InChI=1S/C19H26N2O4.ClH/c1-4-24-16(22)12-7-5-8-13(11-12)21-17(23)19(20)14-9-6-10-25-15(14)18(19,2)3;/h5,7-8,11,14-15H,4,6,9-10,20H2,1-3H3,(H,21,23);1H. The van der Waals surface area contributed by atoms with Gasteiger partial charge in [-0.15, -0.1) is 12.4 Å². The molecule has 1 aliphatic heterocycles. The van der Waals surface area contributed by atoms with Crippen molar-refractivity contribution in [3.8, 4) is 0 Å². The Balaban J connectivity index is 0.00000243. The molecule has 6 nitrogen and oxygen atoms in total. The summed E-state index contributed by atoms with van der Waals surface area (Å²) >= 11 is 0. The summed E-state index contributed by atoms with van der Waals surface area (Å²) in [5.41, 5.74) is 6.10. The second-order valence-electron chi connectivity index (χ2n) is 7.39. The lowest BCUT2D eigenvalue weighted by Gasteiger charge is -2.65. The lowest BCUT2D eigenvalue weighted by Crippen LogP contribution is -2.81. The van der Waals surface area contributed by atoms with Gasteiger partial charge < -0.3 is 20.5 Å². The minimum Gasteiger partial charge on any atom is -0.462 e. The average Bonchev–Trinajstić information content (AvgIpc) is 2.61. The maximum atomic E-state index is 13.0. The number of rotatable bonds is 4. The maximum absolute atomic E-state index is 13.0. The maximum Gasteiger partial charge on any atom is 0.338 e. The Morgan fingerprint density at radius 2 is 2.12 bits per heavy atom. The highest BCUT2D eigenvalue weighted by Crippen LogP contribution is 2.57. The molecule has 1 saturated carbocycles. The van der Waals surface area contributed by atoms with E-state index in [0.29, 0.717) is 17.9 Å². The summed E-state index contributed by atoms with van der Waals surface area (Å²) in [5.74, 6) is -0.625. The molecule has 26 heavy (non-hydrogen) atoms. The van der Waals surface area contributed by atoms with Gasteiger partial charge in [-0.3, -0.25) is 4.79 Å². The first kappa shape index (κ1) is 20.7. The predicted octanol–water partition coefficient (Wildman–Crippen LogP) is 2.76. The molecule has 0 bridgehead atoms. The van der Waals surface area contributed by atoms with E-state index in [1.165, 1.54) is 0 Å². The Morgan fingerprint density at radius 1 is 1.38 bits per heavy atom. The number of halogens is 1. The molecule has 2 aliphatic rings. The second kappa shape index (κ2) is 7.55. The van der Waals surface area contributed by atoms with Gasteiger partial charge in [0.1, 0.15) is 5.54 Å². The Labute approximate surface area is 160 Å². The fourth-order valence-corrected chi connectivity index (χ4v) is 4.21. The molecule has 0 radical (unpaired) electrons. The van der Waals surface area contributed by atoms with E-state index >= 15 is 0 Å². The summed E-state index contributed by atoms with van der Waals surface area (Å²) in [4.78, 5) is 24.8. The van der Waals surface area contributed by atoms with Gasteiger partial charge in [0.2, 0.25) is 5.91 Å². The van der Waals surface area contributed by atoms with Gasteiger partial charge in [0.25, 0.3) is 0 Å². The van der Waals surface area contributed by atoms with Crippen LogP contribution >= 0.6 is 12.4 Å². The van der Waals surface area contributed by atoms with Crippen molar-refractivity contribution in [2.75, 3.05) is 18.5 Å². The topological polar surface area (TPSA) is 90.7 Å². The molecule has 144 valence electrons. The van der Waals surface area contributed by atoms with E-state index in [-0.39, 0.29) is 30.3 Å². The van der Waals surface area contributed by atoms with E-state index in [4.69, 9.17) is 15.2 Å². The smallest absolute Gasteiger partial charge is 0.338 e. The van der Waals surface area contributed by atoms with Crippen LogP contribution in [0.4, 0.5) is 5.69 Å². The fraction of sp³-hybridized carbons (Fsp3) is 0.579. The van der Waals surface area contributed by atoms with Gasteiger partial charge in [-0.1, -0.05) is 19.9 Å². The van der Waals surface area contributed by atoms with Crippen LogP contribution in [0.15, 0.2) is 24.3 Å². The first-order chi connectivity index (χ1) is 11.8. The number of hydrogen-bond donors (Lipinski definition) is 2. The number of esters is 1. The van der Waals surface area contributed by atoms with E-state index in [1.54, 1.807) is 31.2 Å². The first-order valence-corrected chi connectivity index (χ1v) is 8.81. The van der Waals surface area contributed by atoms with E-state index in [1.807, 2.05) is 13.8 Å². The number of carbonyl (C=O) groups is 2. The molecule has 0 spiro atoms. The molecular weight excluding hydrogens is 356 g/mol. The van der Waals surface area contributed by atoms with Crippen LogP contribution < -0.4 is 11.1 Å². The molecule has 7 heteroatoms. The van der Waals surface area contributed by atoms with Crippen LogP contribution in [0.1, 0.15) is 44.0 Å². The van der Waals surface area contributed by atoms with Crippen molar-refractivity contribution in [2.45, 2.75) is 45.3 Å². The van der Waals surface area contributed by atoms with Crippen LogP contribution in [0.2, 0.25) is 0 Å². The van der Waals surface area contributed by atoms with E-state index in [2.05, 4.69) is 5.32 Å². The van der Waals surface area contributed by atoms with E-state index in [9.17, 15) is 9.59 Å². The summed E-state index contributed by atoms with van der Waals surface area (Å²) in [5, 5.41) is 2.88. The highest BCUT2D eigenvalue weighted by atomic mass is 35.5. The number of ether oxygens (including phenoxy) is 2. The Bertz CT molecular complexity index is 694. The van der Waals surface area contributed by atoms with Gasteiger partial charge in [0, 0.05) is 23.6 Å². The molecule has 1 amide bonds. The van der Waals surface area contributed by atoms with Crippen LogP contribution in [0, 0.1) is 11.3 Å². The summed E-state index contributed by atoms with van der Waals surface area (Å²) in [6.45, 7) is 6.74. The highest BCUT2D eigenvalue weighted by molar-refractivity contribution is 6.01. The van der Waals surface area contributed by atoms with E-state index in [0.717, 1.165) is 19.4 Å². The Morgan fingerprint density at radius 3 is 2.81 bits per heavy atom. The van der Waals surface area contributed by atoms with Crippen molar-refractivity contribution in [3.63, 3.8) is 0 Å². The predicted molar refractivity (Wildman–Crippen MR) is 101 cm³/mol. The molecule has 2 fully saturated rings. The zero-order valence-electron chi connectivity index (χ0n) is 15.4. The SMILES string of the molecule is CCOC(=O)c1cccc(NC(=O)C2(N)C3CCCOC3C2(C)C)c1.Cl. The van der Waals surface area contributed by atoms with Crippen LogP contribution in [0.3, 0.4) is 0 Å². The van der Waals surface area contributed by atoms with Crippen LogP contribution in [0.25, 0.3) is 0 Å². The van der Waals surface area contributed by atoms with Crippen molar-refractivity contribution in [1.29, 1.82) is 0 Å². The number of hydrogen-bond acceptors (Lipinski definition) is 5. The fourth-order valence-electron chi connectivity index (χ4n) is 4.21. The molecule has 3 rings (SSSR count). The van der Waals surface area contributed by atoms with Gasteiger partial charge in [-0.2, -0.15) is 0 Å². The molecule has 1 heterocycles. The summed E-state index contributed by atoms with van der Waals surface area (Å²) in [7, 11) is 0. The molecule has 1 aromatic carbocycles. The average molecular weight is 383 g/mol. The molecule has 1 aromatic rings. The largest absolute Gasteiger partial charge is 0.462 e. The minimum atomic E-state index is -0.988. The zero-order chi connectivity index (χ0) is 18.2. The summed E-state index contributed by atoms with van der Waals surface area (Å²) in [6, 6.07) is 6.72.